The molecule has 1 amide bonds. The van der Waals surface area contributed by atoms with Crippen LogP contribution < -0.4 is 5.32 Å². The summed E-state index contributed by atoms with van der Waals surface area (Å²) in [5.41, 5.74) is 0. The zero-order valence-electron chi connectivity index (χ0n) is 50.8. The van der Waals surface area contributed by atoms with Gasteiger partial charge in [-0.15, -0.1) is 0 Å². The van der Waals surface area contributed by atoms with Crippen molar-refractivity contribution in [2.75, 3.05) is 13.2 Å². The van der Waals surface area contributed by atoms with Crippen LogP contribution in [0.4, 0.5) is 0 Å². The number of rotatable bonds is 64. The number of esters is 1. The third-order valence-electron chi connectivity index (χ3n) is 16.0. The van der Waals surface area contributed by atoms with Gasteiger partial charge in [0.25, 0.3) is 0 Å². The van der Waals surface area contributed by atoms with Gasteiger partial charge in [0.1, 0.15) is 0 Å². The summed E-state index contributed by atoms with van der Waals surface area (Å²) in [5, 5.41) is 23.2. The van der Waals surface area contributed by atoms with Crippen LogP contribution in [0.5, 0.6) is 0 Å². The zero-order chi connectivity index (χ0) is 54.3. The van der Waals surface area contributed by atoms with E-state index >= 15 is 0 Å². The smallest absolute Gasteiger partial charge is 0.305 e. The van der Waals surface area contributed by atoms with Crippen molar-refractivity contribution in [2.45, 2.75) is 392 Å². The second kappa shape index (κ2) is 64.9. The highest BCUT2D eigenvalue weighted by Gasteiger charge is 2.18. The fourth-order valence-electron chi connectivity index (χ4n) is 10.7. The normalized spacial score (nSPS) is 12.6. The van der Waals surface area contributed by atoms with Crippen LogP contribution >= 0.6 is 0 Å². The average Bonchev–Trinajstić information content (AvgIpc) is 3.41. The number of carbonyl (C=O) groups excluding carboxylic acids is 2. The molecule has 0 spiro atoms. The number of carbonyl (C=O) groups is 2. The van der Waals surface area contributed by atoms with Gasteiger partial charge in [0.2, 0.25) is 5.91 Å². The molecule has 0 aliphatic rings. The number of hydrogen-bond acceptors (Lipinski definition) is 5. The first-order valence-corrected chi connectivity index (χ1v) is 34.1. The molecule has 0 bridgehead atoms. The van der Waals surface area contributed by atoms with E-state index in [-0.39, 0.29) is 18.5 Å². The summed E-state index contributed by atoms with van der Waals surface area (Å²) < 4.78 is 5.48. The topological polar surface area (TPSA) is 95.9 Å². The summed E-state index contributed by atoms with van der Waals surface area (Å²) in [6.45, 7) is 4.93. The minimum absolute atomic E-state index is 0.0116. The fourth-order valence-corrected chi connectivity index (χ4v) is 10.7. The average molecular weight is 1060 g/mol. The van der Waals surface area contributed by atoms with Crippen molar-refractivity contribution in [1.82, 2.24) is 5.32 Å². The van der Waals surface area contributed by atoms with E-state index in [0.29, 0.717) is 19.4 Å². The van der Waals surface area contributed by atoms with E-state index in [1.807, 2.05) is 6.08 Å². The monoisotopic (exact) mass is 1060 g/mol. The van der Waals surface area contributed by atoms with Crippen LogP contribution in [0.25, 0.3) is 0 Å². The van der Waals surface area contributed by atoms with Gasteiger partial charge in [0.05, 0.1) is 25.4 Å². The van der Waals surface area contributed by atoms with Gasteiger partial charge in [-0.3, -0.25) is 9.59 Å². The lowest BCUT2D eigenvalue weighted by molar-refractivity contribution is -0.143. The van der Waals surface area contributed by atoms with E-state index in [9.17, 15) is 19.8 Å². The molecule has 0 heterocycles. The van der Waals surface area contributed by atoms with Crippen LogP contribution in [0.15, 0.2) is 24.3 Å². The Morgan fingerprint density at radius 3 is 0.947 bits per heavy atom. The van der Waals surface area contributed by atoms with E-state index in [4.69, 9.17) is 4.74 Å². The van der Waals surface area contributed by atoms with Crippen molar-refractivity contribution >= 4 is 11.9 Å². The Labute approximate surface area is 469 Å². The summed E-state index contributed by atoms with van der Waals surface area (Å²) in [6.07, 6.45) is 81.0. The number of unbranched alkanes of at least 4 members (excludes halogenated alkanes) is 51. The molecule has 0 aliphatic heterocycles. The molecule has 75 heavy (non-hydrogen) atoms. The van der Waals surface area contributed by atoms with E-state index in [0.717, 1.165) is 44.9 Å². The van der Waals surface area contributed by atoms with Crippen LogP contribution in [0.3, 0.4) is 0 Å². The Hall–Kier alpha value is -1.66. The predicted octanol–water partition coefficient (Wildman–Crippen LogP) is 21.8. The lowest BCUT2D eigenvalue weighted by Crippen LogP contribution is -2.45. The Bertz CT molecular complexity index is 1170. The van der Waals surface area contributed by atoms with Gasteiger partial charge in [-0.05, 0) is 57.8 Å². The number of nitrogens with one attached hydrogen (secondary N) is 1. The maximum Gasteiger partial charge on any atom is 0.305 e. The first-order chi connectivity index (χ1) is 37.0. The van der Waals surface area contributed by atoms with Crippen molar-refractivity contribution in [3.05, 3.63) is 24.3 Å². The molecule has 0 radical (unpaired) electrons. The van der Waals surface area contributed by atoms with Gasteiger partial charge in [-0.25, -0.2) is 0 Å². The highest BCUT2D eigenvalue weighted by atomic mass is 16.5. The first-order valence-electron chi connectivity index (χ1n) is 34.1. The van der Waals surface area contributed by atoms with E-state index in [1.165, 1.54) is 308 Å². The summed E-state index contributed by atoms with van der Waals surface area (Å²) >= 11 is 0. The molecule has 2 atom stereocenters. The number of allylic oxidation sites excluding steroid dienone is 3. The molecule has 0 aromatic heterocycles. The molecule has 0 aromatic rings. The van der Waals surface area contributed by atoms with Crippen LogP contribution in [-0.4, -0.2) is 47.4 Å². The van der Waals surface area contributed by atoms with Crippen molar-refractivity contribution < 1.29 is 24.5 Å². The van der Waals surface area contributed by atoms with E-state index in [2.05, 4.69) is 31.3 Å². The minimum Gasteiger partial charge on any atom is -0.466 e. The maximum absolute atomic E-state index is 12.5. The third kappa shape index (κ3) is 61.4. The summed E-state index contributed by atoms with van der Waals surface area (Å²) in [4.78, 5) is 24.6. The summed E-state index contributed by atoms with van der Waals surface area (Å²) in [5.74, 6) is -0.0593. The molecular formula is C69H133NO5. The fraction of sp³-hybridized carbons (Fsp3) is 0.913. The van der Waals surface area contributed by atoms with Gasteiger partial charge in [0, 0.05) is 12.8 Å². The van der Waals surface area contributed by atoms with Crippen LogP contribution in [-0.2, 0) is 14.3 Å². The lowest BCUT2D eigenvalue weighted by atomic mass is 10.0. The Balaban J connectivity index is 3.44. The quantitative estimate of drug-likeness (QED) is 0.0320. The van der Waals surface area contributed by atoms with Crippen molar-refractivity contribution in [3.8, 4) is 0 Å². The van der Waals surface area contributed by atoms with Gasteiger partial charge in [-0.1, -0.05) is 334 Å². The van der Waals surface area contributed by atoms with Crippen LogP contribution in [0.2, 0.25) is 0 Å². The molecule has 6 heteroatoms. The number of ether oxygens (including phenoxy) is 1. The van der Waals surface area contributed by atoms with E-state index in [1.54, 1.807) is 6.08 Å². The molecule has 0 aliphatic carbocycles. The molecule has 3 N–H and O–H groups in total. The molecule has 0 saturated heterocycles. The molecule has 444 valence electrons. The lowest BCUT2D eigenvalue weighted by Gasteiger charge is -2.20. The van der Waals surface area contributed by atoms with Crippen molar-refractivity contribution in [2.24, 2.45) is 0 Å². The second-order valence-corrected chi connectivity index (χ2v) is 23.5. The molecule has 0 aromatic carbocycles. The molecule has 2 unspecified atom stereocenters. The van der Waals surface area contributed by atoms with Crippen LogP contribution in [0.1, 0.15) is 380 Å². The van der Waals surface area contributed by atoms with Crippen molar-refractivity contribution in [1.29, 1.82) is 0 Å². The van der Waals surface area contributed by atoms with Gasteiger partial charge in [0.15, 0.2) is 0 Å². The minimum atomic E-state index is -0.850. The Morgan fingerprint density at radius 2 is 0.627 bits per heavy atom. The number of hydrogen-bond donors (Lipinski definition) is 3. The molecule has 0 rings (SSSR count). The number of aliphatic hydroxyl groups excluding tert-OH is 2. The maximum atomic E-state index is 12.5. The number of aliphatic hydroxyl groups is 2. The van der Waals surface area contributed by atoms with Crippen molar-refractivity contribution in [3.63, 3.8) is 0 Å². The van der Waals surface area contributed by atoms with Gasteiger partial charge in [-0.2, -0.15) is 0 Å². The molecule has 6 nitrogen and oxygen atoms in total. The number of amides is 1. The largest absolute Gasteiger partial charge is 0.466 e. The van der Waals surface area contributed by atoms with Gasteiger partial charge >= 0.3 is 5.97 Å². The Kier molecular flexibility index (Phi) is 63.4. The highest BCUT2D eigenvalue weighted by Crippen LogP contribution is 2.18. The second-order valence-electron chi connectivity index (χ2n) is 23.5. The zero-order valence-corrected chi connectivity index (χ0v) is 50.8. The predicted molar refractivity (Wildman–Crippen MR) is 329 cm³/mol. The molecule has 0 fully saturated rings. The van der Waals surface area contributed by atoms with Gasteiger partial charge < -0.3 is 20.3 Å². The SMILES string of the molecule is CCCCCCCCCCCCCCCCCCCCCCC/C=C/C(O)C(CO)NC(=O)CCCCCCCCC/C=C\CCCCCCCCCCCCCOC(=O)CCCCCCCCCCCCCCC. The molecular weight excluding hydrogens is 923 g/mol. The highest BCUT2D eigenvalue weighted by molar-refractivity contribution is 5.76. The third-order valence-corrected chi connectivity index (χ3v) is 16.0. The molecule has 0 saturated carbocycles. The first kappa shape index (κ1) is 73.3. The summed E-state index contributed by atoms with van der Waals surface area (Å²) in [6, 6.07) is -0.634. The van der Waals surface area contributed by atoms with E-state index < -0.39 is 12.1 Å². The standard InChI is InChI=1S/C69H133NO5/c1-3-5-7-9-11-13-15-17-18-19-20-21-22-25-28-31-34-38-41-45-49-53-57-61-67(72)66(65-71)70-68(73)62-58-54-50-46-42-39-35-32-29-26-23-24-27-30-33-36-40-44-48-52-56-60-64-75-69(74)63-59-55-51-47-43-37-16-14-12-10-8-6-4-2/h26,29,57,61,66-67,71-72H,3-25,27-28,30-56,58-60,62-65H2,1-2H3,(H,70,73)/b29-26-,61-57+. The van der Waals surface area contributed by atoms with Crippen LogP contribution in [0, 0.1) is 0 Å². The summed E-state index contributed by atoms with van der Waals surface area (Å²) in [7, 11) is 0. The Morgan fingerprint density at radius 1 is 0.360 bits per heavy atom.